The number of carbonyl (C=O) groups excluding carboxylic acids is 1. The van der Waals surface area contributed by atoms with Gasteiger partial charge in [0.2, 0.25) is 0 Å². The molecular weight excluding hydrogens is 250 g/mol. The van der Waals surface area contributed by atoms with Crippen LogP contribution >= 0.6 is 0 Å². The number of amides is 1. The summed E-state index contributed by atoms with van der Waals surface area (Å²) >= 11 is 0. The first-order valence-corrected chi connectivity index (χ1v) is 6.42. The van der Waals surface area contributed by atoms with Gasteiger partial charge in [-0.3, -0.25) is 4.79 Å². The van der Waals surface area contributed by atoms with Crippen LogP contribution in [0.15, 0.2) is 42.5 Å². The van der Waals surface area contributed by atoms with E-state index >= 15 is 0 Å². The van der Waals surface area contributed by atoms with Crippen molar-refractivity contribution in [1.29, 1.82) is 0 Å². The molecule has 3 N–H and O–H groups in total. The van der Waals surface area contributed by atoms with Gasteiger partial charge in [0.15, 0.2) is 0 Å². The van der Waals surface area contributed by atoms with Gasteiger partial charge in [-0.15, -0.1) is 0 Å². The highest BCUT2D eigenvalue weighted by Gasteiger charge is 2.09. The van der Waals surface area contributed by atoms with Crippen LogP contribution in [0.4, 0.5) is 17.1 Å². The fourth-order valence-corrected chi connectivity index (χ4v) is 1.94. The molecule has 0 spiro atoms. The van der Waals surface area contributed by atoms with Crippen molar-refractivity contribution in [3.63, 3.8) is 0 Å². The number of nitrogens with two attached hydrogens (primary N) is 1. The zero-order chi connectivity index (χ0) is 14.7. The van der Waals surface area contributed by atoms with Crippen molar-refractivity contribution in [3.05, 3.63) is 53.6 Å². The van der Waals surface area contributed by atoms with Gasteiger partial charge in [0.05, 0.1) is 11.4 Å². The second kappa shape index (κ2) is 5.65. The molecule has 0 radical (unpaired) electrons. The van der Waals surface area contributed by atoms with E-state index in [1.165, 1.54) is 0 Å². The van der Waals surface area contributed by atoms with Gasteiger partial charge in [0.1, 0.15) is 0 Å². The Morgan fingerprint density at radius 2 is 1.75 bits per heavy atom. The van der Waals surface area contributed by atoms with Crippen molar-refractivity contribution >= 4 is 23.0 Å². The molecular formula is C16H19N3O. The van der Waals surface area contributed by atoms with Gasteiger partial charge < -0.3 is 16.0 Å². The molecule has 0 aliphatic rings. The Balaban J connectivity index is 2.17. The largest absolute Gasteiger partial charge is 0.397 e. The number of rotatable bonds is 3. The van der Waals surface area contributed by atoms with Gasteiger partial charge in [-0.2, -0.15) is 0 Å². The second-order valence-electron chi connectivity index (χ2n) is 4.99. The van der Waals surface area contributed by atoms with Crippen molar-refractivity contribution in [2.45, 2.75) is 6.92 Å². The summed E-state index contributed by atoms with van der Waals surface area (Å²) in [7, 11) is 3.83. The standard InChI is InChI=1S/C16H19N3O/c1-11-4-7-13(8-5-11)18-16(20)12-6-9-15(19(2)3)14(17)10-12/h4-10H,17H2,1-3H3,(H,18,20). The van der Waals surface area contributed by atoms with E-state index < -0.39 is 0 Å². The smallest absolute Gasteiger partial charge is 0.255 e. The Bertz CT molecular complexity index is 618. The predicted molar refractivity (Wildman–Crippen MR) is 84.3 cm³/mol. The summed E-state index contributed by atoms with van der Waals surface area (Å²) < 4.78 is 0. The molecule has 0 aliphatic heterocycles. The molecule has 0 unspecified atom stereocenters. The van der Waals surface area contributed by atoms with E-state index in [4.69, 9.17) is 5.73 Å². The van der Waals surface area contributed by atoms with Gasteiger partial charge >= 0.3 is 0 Å². The second-order valence-corrected chi connectivity index (χ2v) is 4.99. The van der Waals surface area contributed by atoms with E-state index in [0.717, 1.165) is 16.9 Å². The minimum absolute atomic E-state index is 0.161. The summed E-state index contributed by atoms with van der Waals surface area (Å²) in [5, 5.41) is 2.85. The van der Waals surface area contributed by atoms with Crippen LogP contribution in [-0.4, -0.2) is 20.0 Å². The summed E-state index contributed by atoms with van der Waals surface area (Å²) in [6.45, 7) is 2.01. The molecule has 0 bridgehead atoms. The molecule has 0 atom stereocenters. The highest BCUT2D eigenvalue weighted by Crippen LogP contribution is 2.22. The number of anilines is 3. The molecule has 0 saturated carbocycles. The number of aryl methyl sites for hydroxylation is 1. The third-order valence-electron chi connectivity index (χ3n) is 3.08. The van der Waals surface area contributed by atoms with Gasteiger partial charge in [-0.05, 0) is 37.3 Å². The highest BCUT2D eigenvalue weighted by atomic mass is 16.1. The fraction of sp³-hybridized carbons (Fsp3) is 0.188. The van der Waals surface area contributed by atoms with Crippen LogP contribution < -0.4 is 16.0 Å². The SMILES string of the molecule is Cc1ccc(NC(=O)c2ccc(N(C)C)c(N)c2)cc1. The minimum Gasteiger partial charge on any atom is -0.397 e. The molecule has 4 nitrogen and oxygen atoms in total. The third-order valence-corrected chi connectivity index (χ3v) is 3.08. The molecule has 2 rings (SSSR count). The molecule has 0 fully saturated rings. The molecule has 0 aromatic heterocycles. The molecule has 0 heterocycles. The summed E-state index contributed by atoms with van der Waals surface area (Å²) in [5.74, 6) is -0.161. The lowest BCUT2D eigenvalue weighted by Gasteiger charge is -2.16. The maximum Gasteiger partial charge on any atom is 0.255 e. The van der Waals surface area contributed by atoms with Crippen LogP contribution in [0.3, 0.4) is 0 Å². The summed E-state index contributed by atoms with van der Waals surface area (Å²) in [6, 6.07) is 13.0. The van der Waals surface area contributed by atoms with Crippen LogP contribution in [0.1, 0.15) is 15.9 Å². The van der Waals surface area contributed by atoms with E-state index in [-0.39, 0.29) is 5.91 Å². The molecule has 0 saturated heterocycles. The van der Waals surface area contributed by atoms with E-state index in [9.17, 15) is 4.79 Å². The zero-order valence-corrected chi connectivity index (χ0v) is 12.0. The van der Waals surface area contributed by atoms with Crippen LogP contribution in [0.2, 0.25) is 0 Å². The molecule has 20 heavy (non-hydrogen) atoms. The fourth-order valence-electron chi connectivity index (χ4n) is 1.94. The van der Waals surface area contributed by atoms with Gasteiger partial charge in [0.25, 0.3) is 5.91 Å². The lowest BCUT2D eigenvalue weighted by Crippen LogP contribution is -2.15. The monoisotopic (exact) mass is 269 g/mol. The Morgan fingerprint density at radius 3 is 2.30 bits per heavy atom. The number of nitrogen functional groups attached to an aromatic ring is 1. The number of hydrogen-bond donors (Lipinski definition) is 2. The van der Waals surface area contributed by atoms with Crippen LogP contribution in [0.25, 0.3) is 0 Å². The van der Waals surface area contributed by atoms with Crippen LogP contribution in [-0.2, 0) is 0 Å². The van der Waals surface area contributed by atoms with Gasteiger partial charge in [-0.25, -0.2) is 0 Å². The Labute approximate surface area is 119 Å². The molecule has 0 aliphatic carbocycles. The first-order chi connectivity index (χ1) is 9.47. The van der Waals surface area contributed by atoms with Crippen molar-refractivity contribution in [1.82, 2.24) is 0 Å². The van der Waals surface area contributed by atoms with Gasteiger partial charge in [0, 0.05) is 25.3 Å². The molecule has 2 aromatic rings. The maximum atomic E-state index is 12.2. The molecule has 2 aromatic carbocycles. The van der Waals surface area contributed by atoms with Gasteiger partial charge in [-0.1, -0.05) is 17.7 Å². The number of benzene rings is 2. The molecule has 4 heteroatoms. The van der Waals surface area contributed by atoms with E-state index in [1.807, 2.05) is 56.3 Å². The molecule has 1 amide bonds. The number of nitrogens with one attached hydrogen (secondary N) is 1. The number of nitrogens with zero attached hydrogens (tertiary/aromatic N) is 1. The third kappa shape index (κ3) is 3.09. The van der Waals surface area contributed by atoms with Crippen LogP contribution in [0, 0.1) is 6.92 Å². The van der Waals surface area contributed by atoms with Crippen LogP contribution in [0.5, 0.6) is 0 Å². The predicted octanol–water partition coefficient (Wildman–Crippen LogP) is 2.90. The van der Waals surface area contributed by atoms with E-state index in [1.54, 1.807) is 12.1 Å². The average molecular weight is 269 g/mol. The van der Waals surface area contributed by atoms with E-state index in [2.05, 4.69) is 5.32 Å². The Kier molecular flexibility index (Phi) is 3.94. The van der Waals surface area contributed by atoms with E-state index in [0.29, 0.717) is 11.3 Å². The Hall–Kier alpha value is -2.49. The quantitative estimate of drug-likeness (QED) is 0.842. The number of hydrogen-bond acceptors (Lipinski definition) is 3. The summed E-state index contributed by atoms with van der Waals surface area (Å²) in [4.78, 5) is 14.1. The maximum absolute atomic E-state index is 12.2. The number of carbonyl (C=O) groups is 1. The first kappa shape index (κ1) is 13.9. The van der Waals surface area contributed by atoms with Crippen molar-refractivity contribution in [3.8, 4) is 0 Å². The zero-order valence-electron chi connectivity index (χ0n) is 12.0. The first-order valence-electron chi connectivity index (χ1n) is 6.42. The summed E-state index contributed by atoms with van der Waals surface area (Å²) in [6.07, 6.45) is 0. The average Bonchev–Trinajstić information content (AvgIpc) is 2.40. The minimum atomic E-state index is -0.161. The lowest BCUT2D eigenvalue weighted by molar-refractivity contribution is 0.102. The molecule has 104 valence electrons. The highest BCUT2D eigenvalue weighted by molar-refractivity contribution is 6.05. The van der Waals surface area contributed by atoms with Crippen molar-refractivity contribution in [2.24, 2.45) is 0 Å². The van der Waals surface area contributed by atoms with Crippen molar-refractivity contribution < 1.29 is 4.79 Å². The lowest BCUT2D eigenvalue weighted by atomic mass is 10.1. The van der Waals surface area contributed by atoms with Crippen molar-refractivity contribution in [2.75, 3.05) is 30.0 Å². The topological polar surface area (TPSA) is 58.4 Å². The Morgan fingerprint density at radius 1 is 1.10 bits per heavy atom. The normalized spacial score (nSPS) is 10.2. The summed E-state index contributed by atoms with van der Waals surface area (Å²) in [5.41, 5.74) is 9.92.